The van der Waals surface area contributed by atoms with Crippen LogP contribution in [-0.4, -0.2) is 32.6 Å². The largest absolute Gasteiger partial charge is 0.294 e. The van der Waals surface area contributed by atoms with Crippen molar-refractivity contribution in [2.75, 3.05) is 13.1 Å². The molecule has 1 fully saturated rings. The highest BCUT2D eigenvalue weighted by Crippen LogP contribution is 2.30. The minimum absolute atomic E-state index is 0.427. The van der Waals surface area contributed by atoms with Crippen LogP contribution in [0.5, 0.6) is 0 Å². The third-order valence-electron chi connectivity index (χ3n) is 3.47. The van der Waals surface area contributed by atoms with Crippen molar-refractivity contribution in [3.05, 3.63) is 28.6 Å². The van der Waals surface area contributed by atoms with E-state index in [0.717, 1.165) is 22.5 Å². The molecule has 0 saturated carbocycles. The summed E-state index contributed by atoms with van der Waals surface area (Å²) in [6.45, 7) is 4.46. The van der Waals surface area contributed by atoms with Crippen molar-refractivity contribution in [3.8, 4) is 0 Å². The second kappa shape index (κ2) is 4.38. The molecule has 1 aliphatic heterocycles. The fourth-order valence-corrected chi connectivity index (χ4v) is 2.93. The lowest BCUT2D eigenvalue weighted by Crippen LogP contribution is -2.24. The molecule has 90 valence electrons. The minimum atomic E-state index is 0.427. The zero-order valence-electron chi connectivity index (χ0n) is 9.80. The van der Waals surface area contributed by atoms with Gasteiger partial charge in [0.1, 0.15) is 0 Å². The van der Waals surface area contributed by atoms with Crippen molar-refractivity contribution in [3.63, 3.8) is 0 Å². The van der Waals surface area contributed by atoms with E-state index >= 15 is 0 Å². The third kappa shape index (κ3) is 1.87. The lowest BCUT2D eigenvalue weighted by Gasteiger charge is -2.20. The molecule has 0 bridgehead atoms. The molecule has 1 atom stereocenters. The highest BCUT2D eigenvalue weighted by Gasteiger charge is 2.28. The third-order valence-corrected chi connectivity index (χ3v) is 3.96. The first kappa shape index (κ1) is 11.2. The molecule has 0 amide bonds. The van der Waals surface area contributed by atoms with Crippen molar-refractivity contribution in [1.82, 2.24) is 19.5 Å². The normalized spacial score (nSPS) is 21.4. The van der Waals surface area contributed by atoms with Gasteiger partial charge in [-0.2, -0.15) is 0 Å². The number of fused-ring (bicyclic) bond motifs is 1. The maximum Gasteiger partial charge on any atom is 0.161 e. The van der Waals surface area contributed by atoms with Crippen LogP contribution in [0.3, 0.4) is 0 Å². The zero-order chi connectivity index (χ0) is 11.8. The number of likely N-dealkylation sites (tertiary alicyclic amines) is 1. The number of pyridine rings is 1. The molecule has 17 heavy (non-hydrogen) atoms. The van der Waals surface area contributed by atoms with Crippen LogP contribution < -0.4 is 0 Å². The fraction of sp³-hybridized carbons (Fsp3) is 0.500. The molecule has 2 aromatic rings. The molecule has 0 radical (unpaired) electrons. The van der Waals surface area contributed by atoms with Crippen LogP contribution in [0.15, 0.2) is 22.8 Å². The molecule has 1 saturated heterocycles. The van der Waals surface area contributed by atoms with Gasteiger partial charge in [0.25, 0.3) is 0 Å². The van der Waals surface area contributed by atoms with Crippen LogP contribution >= 0.6 is 15.9 Å². The number of hydrogen-bond donors (Lipinski definition) is 0. The predicted octanol–water partition coefficient (Wildman–Crippen LogP) is 2.65. The van der Waals surface area contributed by atoms with Gasteiger partial charge in [-0.3, -0.25) is 9.30 Å². The summed E-state index contributed by atoms with van der Waals surface area (Å²) in [6.07, 6.45) is 4.48. The molecule has 4 nitrogen and oxygen atoms in total. The summed E-state index contributed by atoms with van der Waals surface area (Å²) in [5, 5.41) is 8.62. The van der Waals surface area contributed by atoms with Crippen molar-refractivity contribution >= 4 is 21.6 Å². The van der Waals surface area contributed by atoms with E-state index in [1.807, 2.05) is 18.3 Å². The summed E-state index contributed by atoms with van der Waals surface area (Å²) in [5.74, 6) is 1.08. The maximum atomic E-state index is 4.37. The van der Waals surface area contributed by atoms with Gasteiger partial charge in [-0.05, 0) is 38.1 Å². The summed E-state index contributed by atoms with van der Waals surface area (Å²) in [6, 6.07) is 4.46. The fourth-order valence-electron chi connectivity index (χ4n) is 2.61. The summed E-state index contributed by atoms with van der Waals surface area (Å²) in [7, 11) is 0. The van der Waals surface area contributed by atoms with Gasteiger partial charge in [0.2, 0.25) is 0 Å². The molecule has 3 heterocycles. The maximum absolute atomic E-state index is 4.37. The molecule has 3 rings (SSSR count). The molecule has 1 aliphatic rings. The Bertz CT molecular complexity index is 536. The second-order valence-electron chi connectivity index (χ2n) is 4.42. The van der Waals surface area contributed by atoms with E-state index in [1.165, 1.54) is 19.4 Å². The van der Waals surface area contributed by atoms with Crippen LogP contribution in [0.2, 0.25) is 0 Å². The Morgan fingerprint density at radius 2 is 2.35 bits per heavy atom. The van der Waals surface area contributed by atoms with E-state index < -0.39 is 0 Å². The van der Waals surface area contributed by atoms with Gasteiger partial charge in [0.05, 0.1) is 6.04 Å². The number of rotatable bonds is 2. The van der Waals surface area contributed by atoms with Gasteiger partial charge in [0.15, 0.2) is 11.5 Å². The Morgan fingerprint density at radius 3 is 3.18 bits per heavy atom. The number of hydrogen-bond acceptors (Lipinski definition) is 3. The molecule has 0 aliphatic carbocycles. The van der Waals surface area contributed by atoms with Gasteiger partial charge in [0, 0.05) is 10.7 Å². The quantitative estimate of drug-likeness (QED) is 0.854. The minimum Gasteiger partial charge on any atom is -0.294 e. The Kier molecular flexibility index (Phi) is 2.88. The first-order valence-corrected chi connectivity index (χ1v) is 6.83. The van der Waals surface area contributed by atoms with Crippen LogP contribution in [0.4, 0.5) is 0 Å². The summed E-state index contributed by atoms with van der Waals surface area (Å²) in [4.78, 5) is 2.47. The molecule has 0 N–H and O–H groups in total. The van der Waals surface area contributed by atoms with E-state index in [1.54, 1.807) is 0 Å². The van der Waals surface area contributed by atoms with E-state index in [9.17, 15) is 0 Å². The lowest BCUT2D eigenvalue weighted by atomic mass is 10.2. The van der Waals surface area contributed by atoms with E-state index in [4.69, 9.17) is 0 Å². The van der Waals surface area contributed by atoms with Crippen LogP contribution in [0.1, 0.15) is 31.6 Å². The van der Waals surface area contributed by atoms with Gasteiger partial charge in [-0.1, -0.05) is 22.9 Å². The topological polar surface area (TPSA) is 33.4 Å². The van der Waals surface area contributed by atoms with Crippen molar-refractivity contribution < 1.29 is 0 Å². The molecule has 0 spiro atoms. The van der Waals surface area contributed by atoms with Gasteiger partial charge >= 0.3 is 0 Å². The average Bonchev–Trinajstić information content (AvgIpc) is 2.92. The standard InChI is InChI=1S/C12H15BrN4/c1-2-16-6-3-4-10(16)12-15-14-11-8-9(13)5-7-17(11)12/h5,7-8,10H,2-4,6H2,1H3. The molecule has 0 aromatic carbocycles. The van der Waals surface area contributed by atoms with Crippen LogP contribution in [0.25, 0.3) is 5.65 Å². The number of halogens is 1. The van der Waals surface area contributed by atoms with E-state index in [2.05, 4.69) is 42.4 Å². The van der Waals surface area contributed by atoms with Crippen LogP contribution in [-0.2, 0) is 0 Å². The van der Waals surface area contributed by atoms with Crippen molar-refractivity contribution in [1.29, 1.82) is 0 Å². The smallest absolute Gasteiger partial charge is 0.161 e. The Hall–Kier alpha value is -0.940. The zero-order valence-corrected chi connectivity index (χ0v) is 11.4. The SMILES string of the molecule is CCN1CCCC1c1nnc2cc(Br)ccn12. The highest BCUT2D eigenvalue weighted by atomic mass is 79.9. The monoisotopic (exact) mass is 294 g/mol. The lowest BCUT2D eigenvalue weighted by molar-refractivity contribution is 0.261. The first-order chi connectivity index (χ1) is 8.29. The highest BCUT2D eigenvalue weighted by molar-refractivity contribution is 9.10. The molecular weight excluding hydrogens is 280 g/mol. The van der Waals surface area contributed by atoms with Gasteiger partial charge in [-0.25, -0.2) is 0 Å². The molecule has 1 unspecified atom stereocenters. The summed E-state index contributed by atoms with van der Waals surface area (Å²) in [5.41, 5.74) is 0.914. The Labute approximate surface area is 109 Å². The molecule has 5 heteroatoms. The second-order valence-corrected chi connectivity index (χ2v) is 5.33. The predicted molar refractivity (Wildman–Crippen MR) is 69.9 cm³/mol. The summed E-state index contributed by atoms with van der Waals surface area (Å²) < 4.78 is 3.14. The van der Waals surface area contributed by atoms with Gasteiger partial charge in [-0.15, -0.1) is 10.2 Å². The summed E-state index contributed by atoms with van der Waals surface area (Å²) >= 11 is 3.46. The van der Waals surface area contributed by atoms with Crippen molar-refractivity contribution in [2.45, 2.75) is 25.8 Å². The molecule has 2 aromatic heterocycles. The Morgan fingerprint density at radius 1 is 1.47 bits per heavy atom. The van der Waals surface area contributed by atoms with Gasteiger partial charge < -0.3 is 0 Å². The number of aromatic nitrogens is 3. The van der Waals surface area contributed by atoms with E-state index in [-0.39, 0.29) is 0 Å². The number of nitrogens with zero attached hydrogens (tertiary/aromatic N) is 4. The Balaban J connectivity index is 2.05. The van der Waals surface area contributed by atoms with Crippen LogP contribution in [0, 0.1) is 0 Å². The average molecular weight is 295 g/mol. The molecular formula is C12H15BrN4. The van der Waals surface area contributed by atoms with Crippen molar-refractivity contribution in [2.24, 2.45) is 0 Å². The van der Waals surface area contributed by atoms with E-state index in [0.29, 0.717) is 6.04 Å². The first-order valence-electron chi connectivity index (χ1n) is 6.04.